The maximum atomic E-state index is 4.15. The summed E-state index contributed by atoms with van der Waals surface area (Å²) in [7, 11) is 0. The summed E-state index contributed by atoms with van der Waals surface area (Å²) in [5.41, 5.74) is 2.13. The fourth-order valence-electron chi connectivity index (χ4n) is 1.74. The van der Waals surface area contributed by atoms with Crippen molar-refractivity contribution in [3.8, 4) is 5.69 Å². The van der Waals surface area contributed by atoms with Crippen molar-refractivity contribution < 1.29 is 0 Å². The third kappa shape index (κ3) is 1.65. The molecule has 3 rings (SSSR count). The maximum absolute atomic E-state index is 4.15. The van der Waals surface area contributed by atoms with Gasteiger partial charge in [0.25, 0.3) is 0 Å². The Hall–Kier alpha value is -1.88. The van der Waals surface area contributed by atoms with Crippen LogP contribution in [0.4, 0.5) is 5.69 Å². The van der Waals surface area contributed by atoms with Crippen molar-refractivity contribution in [1.82, 2.24) is 20.1 Å². The molecule has 2 heterocycles. The van der Waals surface area contributed by atoms with Crippen LogP contribution in [-0.4, -0.2) is 33.9 Å². The molecule has 0 saturated carbocycles. The minimum atomic E-state index is 0.518. The van der Waals surface area contributed by atoms with Crippen molar-refractivity contribution in [2.75, 3.05) is 18.4 Å². The van der Waals surface area contributed by atoms with E-state index in [1.54, 1.807) is 17.3 Å². The van der Waals surface area contributed by atoms with Crippen LogP contribution in [0.1, 0.15) is 0 Å². The van der Waals surface area contributed by atoms with Crippen LogP contribution in [0.2, 0.25) is 0 Å². The number of nitrogens with zero attached hydrogens (tertiary/aromatic N) is 3. The predicted octanol–water partition coefficient (Wildman–Crippen LogP) is 0.651. The van der Waals surface area contributed by atoms with E-state index in [4.69, 9.17) is 0 Å². The Morgan fingerprint density at radius 1 is 1.31 bits per heavy atom. The summed E-state index contributed by atoms with van der Waals surface area (Å²) in [5, 5.41) is 10.9. The number of rotatable bonds is 3. The van der Waals surface area contributed by atoms with E-state index in [-0.39, 0.29) is 0 Å². The summed E-state index contributed by atoms with van der Waals surface area (Å²) in [6.07, 6.45) is 3.25. The second kappa shape index (κ2) is 3.94. The van der Waals surface area contributed by atoms with E-state index < -0.39 is 0 Å². The van der Waals surface area contributed by atoms with Gasteiger partial charge in [-0.05, 0) is 12.1 Å². The fraction of sp³-hybridized carbons (Fsp3) is 0.273. The number of hydrogen-bond donors (Lipinski definition) is 2. The smallest absolute Gasteiger partial charge is 0.138 e. The highest BCUT2D eigenvalue weighted by molar-refractivity contribution is 5.61. The van der Waals surface area contributed by atoms with E-state index in [1.165, 1.54) is 0 Å². The lowest BCUT2D eigenvalue weighted by atomic mass is 10.1. The van der Waals surface area contributed by atoms with Crippen molar-refractivity contribution in [2.24, 2.45) is 0 Å². The van der Waals surface area contributed by atoms with Crippen molar-refractivity contribution in [3.05, 3.63) is 36.9 Å². The van der Waals surface area contributed by atoms with Crippen molar-refractivity contribution in [1.29, 1.82) is 0 Å². The molecule has 0 radical (unpaired) electrons. The number of aromatic nitrogens is 3. The largest absolute Gasteiger partial charge is 0.378 e. The molecule has 1 aliphatic rings. The van der Waals surface area contributed by atoms with Crippen LogP contribution in [0, 0.1) is 0 Å². The molecule has 5 nitrogen and oxygen atoms in total. The summed E-state index contributed by atoms with van der Waals surface area (Å²) in [4.78, 5) is 3.96. The molecule has 2 N–H and O–H groups in total. The molecule has 5 heteroatoms. The summed E-state index contributed by atoms with van der Waals surface area (Å²) in [6.45, 7) is 2.04. The van der Waals surface area contributed by atoms with E-state index >= 15 is 0 Å². The standard InChI is InChI=1S/C11H13N5/c1-2-4-11(16-8-13-7-14-16)10(3-1)15-9-5-12-6-9/h1-4,7-9,12,15H,5-6H2. The van der Waals surface area contributed by atoms with Crippen LogP contribution in [-0.2, 0) is 0 Å². The Labute approximate surface area is 93.5 Å². The van der Waals surface area contributed by atoms with Gasteiger partial charge >= 0.3 is 0 Å². The second-order valence-electron chi connectivity index (χ2n) is 3.86. The zero-order valence-corrected chi connectivity index (χ0v) is 8.80. The highest BCUT2D eigenvalue weighted by Gasteiger charge is 2.17. The molecule has 1 aromatic carbocycles. The molecule has 0 unspecified atom stereocenters. The van der Waals surface area contributed by atoms with Crippen molar-refractivity contribution in [3.63, 3.8) is 0 Å². The van der Waals surface area contributed by atoms with Crippen molar-refractivity contribution >= 4 is 5.69 Å². The SMILES string of the molecule is c1ccc(-n2cncn2)c(NC2CNC2)c1. The first kappa shape index (κ1) is 9.35. The lowest BCUT2D eigenvalue weighted by Crippen LogP contribution is -2.51. The molecule has 0 spiro atoms. The molecule has 82 valence electrons. The molecule has 1 saturated heterocycles. The predicted molar refractivity (Wildman–Crippen MR) is 61.6 cm³/mol. The van der Waals surface area contributed by atoms with Crippen LogP contribution in [0.5, 0.6) is 0 Å². The van der Waals surface area contributed by atoms with Crippen LogP contribution in [0.15, 0.2) is 36.9 Å². The normalized spacial score (nSPS) is 15.8. The Kier molecular flexibility index (Phi) is 2.30. The molecule has 1 fully saturated rings. The highest BCUT2D eigenvalue weighted by Crippen LogP contribution is 2.20. The summed E-state index contributed by atoms with van der Waals surface area (Å²) < 4.78 is 1.77. The fourth-order valence-corrected chi connectivity index (χ4v) is 1.74. The second-order valence-corrected chi connectivity index (χ2v) is 3.86. The Balaban J connectivity index is 1.91. The van der Waals surface area contributed by atoms with Crippen LogP contribution in [0.25, 0.3) is 5.69 Å². The molecule has 0 amide bonds. The molecule has 1 aliphatic heterocycles. The molecule has 0 aliphatic carbocycles. The van der Waals surface area contributed by atoms with Gasteiger partial charge in [-0.3, -0.25) is 0 Å². The molecular formula is C11H13N5. The number of nitrogens with one attached hydrogen (secondary N) is 2. The van der Waals surface area contributed by atoms with E-state index in [0.717, 1.165) is 24.5 Å². The van der Waals surface area contributed by atoms with Crippen LogP contribution < -0.4 is 10.6 Å². The maximum Gasteiger partial charge on any atom is 0.138 e. The minimum Gasteiger partial charge on any atom is -0.378 e. The van der Waals surface area contributed by atoms with Gasteiger partial charge in [-0.1, -0.05) is 12.1 Å². The first-order valence-corrected chi connectivity index (χ1v) is 5.35. The zero-order valence-electron chi connectivity index (χ0n) is 8.80. The molecule has 1 aromatic heterocycles. The quantitative estimate of drug-likeness (QED) is 0.789. The first-order valence-electron chi connectivity index (χ1n) is 5.35. The summed E-state index contributed by atoms with van der Waals surface area (Å²) in [6, 6.07) is 8.64. The monoisotopic (exact) mass is 215 g/mol. The highest BCUT2D eigenvalue weighted by atomic mass is 15.3. The average molecular weight is 215 g/mol. The lowest BCUT2D eigenvalue weighted by Gasteiger charge is -2.29. The van der Waals surface area contributed by atoms with Gasteiger partial charge < -0.3 is 10.6 Å². The van der Waals surface area contributed by atoms with Crippen molar-refractivity contribution in [2.45, 2.75) is 6.04 Å². The zero-order chi connectivity index (χ0) is 10.8. The van der Waals surface area contributed by atoms with E-state index in [9.17, 15) is 0 Å². The minimum absolute atomic E-state index is 0.518. The third-order valence-corrected chi connectivity index (χ3v) is 2.71. The number of hydrogen-bond acceptors (Lipinski definition) is 4. The van der Waals surface area contributed by atoms with Gasteiger partial charge in [0.05, 0.1) is 17.4 Å². The first-order chi connectivity index (χ1) is 7.93. The number of anilines is 1. The van der Waals surface area contributed by atoms with Crippen LogP contribution in [0.3, 0.4) is 0 Å². The summed E-state index contributed by atoms with van der Waals surface area (Å²) in [5.74, 6) is 0. The van der Waals surface area contributed by atoms with Gasteiger partial charge in [-0.15, -0.1) is 0 Å². The average Bonchev–Trinajstić information content (AvgIpc) is 2.77. The molecule has 16 heavy (non-hydrogen) atoms. The lowest BCUT2D eigenvalue weighted by molar-refractivity contribution is 0.472. The van der Waals surface area contributed by atoms with E-state index in [2.05, 4.69) is 26.8 Å². The molecular weight excluding hydrogens is 202 g/mol. The Morgan fingerprint density at radius 2 is 2.19 bits per heavy atom. The number of benzene rings is 1. The molecule has 0 atom stereocenters. The molecule has 0 bridgehead atoms. The molecule has 2 aromatic rings. The Bertz CT molecular complexity index is 461. The van der Waals surface area contributed by atoms with Gasteiger partial charge in [-0.2, -0.15) is 5.10 Å². The van der Waals surface area contributed by atoms with Crippen LogP contribution >= 0.6 is 0 Å². The summed E-state index contributed by atoms with van der Waals surface area (Å²) >= 11 is 0. The topological polar surface area (TPSA) is 54.8 Å². The van der Waals surface area contributed by atoms with Gasteiger partial charge in [0, 0.05) is 13.1 Å². The number of para-hydroxylation sites is 2. The van der Waals surface area contributed by atoms with E-state index in [0.29, 0.717) is 6.04 Å². The third-order valence-electron chi connectivity index (χ3n) is 2.71. The van der Waals surface area contributed by atoms with Gasteiger partial charge in [0.15, 0.2) is 0 Å². The van der Waals surface area contributed by atoms with Gasteiger partial charge in [0.1, 0.15) is 12.7 Å². The van der Waals surface area contributed by atoms with Gasteiger partial charge in [0.2, 0.25) is 0 Å². The van der Waals surface area contributed by atoms with Gasteiger partial charge in [-0.25, -0.2) is 9.67 Å². The Morgan fingerprint density at radius 3 is 2.88 bits per heavy atom. The van der Waals surface area contributed by atoms with E-state index in [1.807, 2.05) is 18.2 Å².